The molecule has 3 aromatic heterocycles. The molecule has 0 aliphatic heterocycles. The molecule has 0 unspecified atom stereocenters. The summed E-state index contributed by atoms with van der Waals surface area (Å²) < 4.78 is 5.13. The third-order valence-corrected chi connectivity index (χ3v) is 4.86. The Morgan fingerprint density at radius 1 is 1.12 bits per heavy atom. The van der Waals surface area contributed by atoms with Crippen molar-refractivity contribution in [2.24, 2.45) is 0 Å². The highest BCUT2D eigenvalue weighted by Gasteiger charge is 2.15. The number of carbonyl (C=O) groups is 1. The first kappa shape index (κ1) is 16.2. The van der Waals surface area contributed by atoms with E-state index in [1.165, 1.54) is 11.3 Å². The molecular weight excluding hydrogens is 348 g/mol. The number of aromatic nitrogens is 2. The number of benzene rings is 1. The van der Waals surface area contributed by atoms with Gasteiger partial charge in [0.25, 0.3) is 5.91 Å². The molecule has 26 heavy (non-hydrogen) atoms. The van der Waals surface area contributed by atoms with Gasteiger partial charge in [-0.25, -0.2) is 4.98 Å². The summed E-state index contributed by atoms with van der Waals surface area (Å²) in [6.45, 7) is 0. The maximum Gasteiger partial charge on any atom is 0.267 e. The van der Waals surface area contributed by atoms with Gasteiger partial charge in [-0.05, 0) is 47.8 Å². The van der Waals surface area contributed by atoms with Crippen LogP contribution in [0.15, 0.2) is 60.2 Å². The maximum atomic E-state index is 12.7. The van der Waals surface area contributed by atoms with E-state index in [0.717, 1.165) is 28.2 Å². The second kappa shape index (κ2) is 6.89. The molecule has 4 aromatic rings. The Morgan fingerprint density at radius 3 is 2.77 bits per heavy atom. The van der Waals surface area contributed by atoms with Gasteiger partial charge in [-0.1, -0.05) is 0 Å². The number of thiophene rings is 1. The predicted octanol–water partition coefficient (Wildman–Crippen LogP) is 4.63. The molecule has 0 saturated carbocycles. The van der Waals surface area contributed by atoms with Crippen LogP contribution < -0.4 is 15.4 Å². The molecule has 0 aliphatic rings. The Kier molecular flexibility index (Phi) is 4.28. The Labute approximate surface area is 153 Å². The van der Waals surface area contributed by atoms with Crippen LogP contribution in [0.1, 0.15) is 9.67 Å². The molecule has 1 aromatic carbocycles. The van der Waals surface area contributed by atoms with E-state index in [0.29, 0.717) is 10.6 Å². The molecule has 0 fully saturated rings. The molecule has 130 valence electrons. The van der Waals surface area contributed by atoms with E-state index in [-0.39, 0.29) is 5.91 Å². The molecule has 4 rings (SSSR count). The lowest BCUT2D eigenvalue weighted by atomic mass is 10.2. The Bertz CT molecular complexity index is 1050. The number of anilines is 3. The molecule has 1 amide bonds. The SMILES string of the molecule is COc1ccc(NC(=O)c2sccc2Nc2ccnc3[nH]ccc23)cc1. The topological polar surface area (TPSA) is 79.0 Å². The van der Waals surface area contributed by atoms with Gasteiger partial charge in [0, 0.05) is 23.5 Å². The largest absolute Gasteiger partial charge is 0.497 e. The van der Waals surface area contributed by atoms with Crippen LogP contribution >= 0.6 is 11.3 Å². The number of hydrogen-bond acceptors (Lipinski definition) is 5. The smallest absolute Gasteiger partial charge is 0.267 e. The molecular formula is C19H16N4O2S. The van der Waals surface area contributed by atoms with E-state index in [2.05, 4.69) is 20.6 Å². The summed E-state index contributed by atoms with van der Waals surface area (Å²) in [5.41, 5.74) is 3.17. The normalized spacial score (nSPS) is 10.7. The Balaban J connectivity index is 1.56. The van der Waals surface area contributed by atoms with E-state index >= 15 is 0 Å². The Hall–Kier alpha value is -3.32. The molecule has 0 spiro atoms. The van der Waals surface area contributed by atoms with Crippen molar-refractivity contribution in [3.05, 3.63) is 65.1 Å². The lowest BCUT2D eigenvalue weighted by molar-refractivity contribution is 0.103. The summed E-state index contributed by atoms with van der Waals surface area (Å²) in [5, 5.41) is 9.11. The first-order chi connectivity index (χ1) is 12.7. The molecule has 0 radical (unpaired) electrons. The Morgan fingerprint density at radius 2 is 1.96 bits per heavy atom. The van der Waals surface area contributed by atoms with Gasteiger partial charge in [0.2, 0.25) is 0 Å². The van der Waals surface area contributed by atoms with E-state index < -0.39 is 0 Å². The number of aromatic amines is 1. The van der Waals surface area contributed by atoms with Crippen LogP contribution in [0.3, 0.4) is 0 Å². The van der Waals surface area contributed by atoms with Gasteiger partial charge in [-0.3, -0.25) is 4.79 Å². The molecule has 0 aliphatic carbocycles. The zero-order valence-electron chi connectivity index (χ0n) is 13.9. The lowest BCUT2D eigenvalue weighted by Gasteiger charge is -2.10. The average Bonchev–Trinajstić information content (AvgIpc) is 3.32. The minimum absolute atomic E-state index is 0.160. The van der Waals surface area contributed by atoms with Gasteiger partial charge < -0.3 is 20.4 Å². The summed E-state index contributed by atoms with van der Waals surface area (Å²) in [4.78, 5) is 20.6. The average molecular weight is 364 g/mol. The van der Waals surface area contributed by atoms with Gasteiger partial charge >= 0.3 is 0 Å². The fourth-order valence-corrected chi connectivity index (χ4v) is 3.41. The van der Waals surface area contributed by atoms with E-state index in [4.69, 9.17) is 4.74 Å². The minimum Gasteiger partial charge on any atom is -0.497 e. The monoisotopic (exact) mass is 364 g/mol. The van der Waals surface area contributed by atoms with Crippen molar-refractivity contribution in [2.45, 2.75) is 0 Å². The van der Waals surface area contributed by atoms with Crippen molar-refractivity contribution in [3.8, 4) is 5.75 Å². The van der Waals surface area contributed by atoms with Gasteiger partial charge in [-0.2, -0.15) is 0 Å². The molecule has 0 saturated heterocycles. The maximum absolute atomic E-state index is 12.7. The number of methoxy groups -OCH3 is 1. The molecule has 6 nitrogen and oxygen atoms in total. The fraction of sp³-hybridized carbons (Fsp3) is 0.0526. The van der Waals surface area contributed by atoms with Crippen LogP contribution in [-0.2, 0) is 0 Å². The highest BCUT2D eigenvalue weighted by atomic mass is 32.1. The van der Waals surface area contributed by atoms with Gasteiger partial charge in [-0.15, -0.1) is 11.3 Å². The number of H-pyrrole nitrogens is 1. The van der Waals surface area contributed by atoms with Crippen molar-refractivity contribution in [1.82, 2.24) is 9.97 Å². The summed E-state index contributed by atoms with van der Waals surface area (Å²) in [7, 11) is 1.61. The van der Waals surface area contributed by atoms with Gasteiger partial charge in [0.15, 0.2) is 0 Å². The van der Waals surface area contributed by atoms with Crippen LogP contribution in [0, 0.1) is 0 Å². The number of nitrogens with zero attached hydrogens (tertiary/aromatic N) is 1. The van der Waals surface area contributed by atoms with Gasteiger partial charge in [0.1, 0.15) is 16.3 Å². The lowest BCUT2D eigenvalue weighted by Crippen LogP contribution is -2.11. The van der Waals surface area contributed by atoms with E-state index in [1.54, 1.807) is 13.3 Å². The quantitative estimate of drug-likeness (QED) is 0.482. The van der Waals surface area contributed by atoms with Crippen LogP contribution in [0.2, 0.25) is 0 Å². The number of nitrogens with one attached hydrogen (secondary N) is 3. The molecule has 3 N–H and O–H groups in total. The number of amides is 1. The summed E-state index contributed by atoms with van der Waals surface area (Å²) in [6, 6.07) is 13.0. The third-order valence-electron chi connectivity index (χ3n) is 3.95. The number of rotatable bonds is 5. The molecule has 0 atom stereocenters. The number of fused-ring (bicyclic) bond motifs is 1. The summed E-state index contributed by atoms with van der Waals surface area (Å²) in [6.07, 6.45) is 3.57. The first-order valence-corrected chi connectivity index (χ1v) is 8.84. The summed E-state index contributed by atoms with van der Waals surface area (Å²) in [5.74, 6) is 0.585. The van der Waals surface area contributed by atoms with Crippen molar-refractivity contribution < 1.29 is 9.53 Å². The molecule has 3 heterocycles. The second-order valence-corrected chi connectivity index (χ2v) is 6.49. The third kappa shape index (κ3) is 3.12. The van der Waals surface area contributed by atoms with Crippen LogP contribution in [0.5, 0.6) is 5.75 Å². The summed E-state index contributed by atoms with van der Waals surface area (Å²) >= 11 is 1.39. The standard InChI is InChI=1S/C19H16N4O2S/c1-25-13-4-2-12(3-5-13)22-19(24)17-16(8-11-26-17)23-15-7-10-21-18-14(15)6-9-20-18/h2-11H,1H3,(H,22,24)(H2,20,21,23). The van der Waals surface area contributed by atoms with Crippen molar-refractivity contribution >= 4 is 45.3 Å². The van der Waals surface area contributed by atoms with Gasteiger partial charge in [0.05, 0.1) is 18.5 Å². The van der Waals surface area contributed by atoms with Crippen molar-refractivity contribution in [2.75, 3.05) is 17.7 Å². The minimum atomic E-state index is -0.160. The number of hydrogen-bond donors (Lipinski definition) is 3. The first-order valence-electron chi connectivity index (χ1n) is 7.96. The predicted molar refractivity (Wildman–Crippen MR) is 105 cm³/mol. The molecule has 7 heteroatoms. The van der Waals surface area contributed by atoms with Crippen LogP contribution in [0.4, 0.5) is 17.1 Å². The van der Waals surface area contributed by atoms with Crippen LogP contribution in [0.25, 0.3) is 11.0 Å². The van der Waals surface area contributed by atoms with Crippen LogP contribution in [-0.4, -0.2) is 23.0 Å². The van der Waals surface area contributed by atoms with Crippen molar-refractivity contribution in [1.29, 1.82) is 0 Å². The van der Waals surface area contributed by atoms with E-state index in [9.17, 15) is 4.79 Å². The number of carbonyl (C=O) groups excluding carboxylic acids is 1. The highest BCUT2D eigenvalue weighted by Crippen LogP contribution is 2.30. The fourth-order valence-electron chi connectivity index (χ4n) is 2.66. The number of ether oxygens (including phenoxy) is 1. The van der Waals surface area contributed by atoms with Crippen molar-refractivity contribution in [3.63, 3.8) is 0 Å². The zero-order chi connectivity index (χ0) is 17.9. The highest BCUT2D eigenvalue weighted by molar-refractivity contribution is 7.12. The molecule has 0 bridgehead atoms. The second-order valence-electron chi connectivity index (χ2n) is 5.57. The number of pyridine rings is 1. The zero-order valence-corrected chi connectivity index (χ0v) is 14.8. The van der Waals surface area contributed by atoms with E-state index in [1.807, 2.05) is 54.0 Å².